The van der Waals surface area contributed by atoms with Crippen LogP contribution in [0.4, 0.5) is 11.4 Å². The third-order valence-corrected chi connectivity index (χ3v) is 6.45. The molecule has 1 atom stereocenters. The van der Waals surface area contributed by atoms with E-state index in [1.54, 1.807) is 30.2 Å². The van der Waals surface area contributed by atoms with E-state index in [1.165, 1.54) is 12.8 Å². The van der Waals surface area contributed by atoms with Crippen molar-refractivity contribution in [1.29, 1.82) is 0 Å². The molecule has 2 aromatic rings. The van der Waals surface area contributed by atoms with Gasteiger partial charge in [-0.15, -0.1) is 0 Å². The summed E-state index contributed by atoms with van der Waals surface area (Å²) in [5.41, 5.74) is 2.15. The van der Waals surface area contributed by atoms with Crippen LogP contribution < -0.4 is 19.1 Å². The summed E-state index contributed by atoms with van der Waals surface area (Å²) < 4.78 is 37.2. The number of hydrogen-bond acceptors (Lipinski definition) is 5. The van der Waals surface area contributed by atoms with Gasteiger partial charge in [-0.2, -0.15) is 0 Å². The Morgan fingerprint density at radius 1 is 1.06 bits per heavy atom. The molecule has 0 spiro atoms. The first kappa shape index (κ1) is 21.5. The van der Waals surface area contributed by atoms with Crippen molar-refractivity contribution in [2.75, 3.05) is 29.5 Å². The fourth-order valence-corrected chi connectivity index (χ4v) is 4.91. The van der Waals surface area contributed by atoms with E-state index in [9.17, 15) is 13.2 Å². The first-order chi connectivity index (χ1) is 14.8. The van der Waals surface area contributed by atoms with Crippen LogP contribution in [-0.4, -0.2) is 40.3 Å². The zero-order chi connectivity index (χ0) is 22.0. The molecule has 1 heterocycles. The molecule has 0 bridgehead atoms. The van der Waals surface area contributed by atoms with Crippen LogP contribution in [0.3, 0.4) is 0 Å². The number of nitrogens with zero attached hydrogens (tertiary/aromatic N) is 1. The van der Waals surface area contributed by atoms with Crippen molar-refractivity contribution in [1.82, 2.24) is 0 Å². The van der Waals surface area contributed by atoms with E-state index in [4.69, 9.17) is 9.47 Å². The van der Waals surface area contributed by atoms with Crippen LogP contribution in [0.15, 0.2) is 42.5 Å². The average Bonchev–Trinajstić information content (AvgIpc) is 3.36. The van der Waals surface area contributed by atoms with Gasteiger partial charge in [0.05, 0.1) is 25.2 Å². The van der Waals surface area contributed by atoms with Crippen molar-refractivity contribution in [3.8, 4) is 11.5 Å². The topological polar surface area (TPSA) is 84.9 Å². The highest BCUT2D eigenvalue weighted by molar-refractivity contribution is 7.92. The van der Waals surface area contributed by atoms with E-state index in [0.29, 0.717) is 30.1 Å². The van der Waals surface area contributed by atoms with Crippen LogP contribution in [0.1, 0.15) is 43.6 Å². The molecule has 1 N–H and O–H groups in total. The third-order valence-electron chi connectivity index (χ3n) is 5.84. The average molecular weight is 445 g/mol. The summed E-state index contributed by atoms with van der Waals surface area (Å²) in [6, 6.07) is 12.8. The molecule has 31 heavy (non-hydrogen) atoms. The molecule has 1 unspecified atom stereocenters. The molecule has 4 rings (SSSR count). The number of methoxy groups -OCH3 is 1. The van der Waals surface area contributed by atoms with Gasteiger partial charge in [0, 0.05) is 24.6 Å². The van der Waals surface area contributed by atoms with Gasteiger partial charge in [0.25, 0.3) is 0 Å². The summed E-state index contributed by atoms with van der Waals surface area (Å²) in [5, 5.41) is 0. The summed E-state index contributed by atoms with van der Waals surface area (Å²) >= 11 is 0. The highest BCUT2D eigenvalue weighted by Gasteiger charge is 2.32. The molecule has 7 nitrogen and oxygen atoms in total. The Bertz CT molecular complexity index is 1060. The number of anilines is 2. The van der Waals surface area contributed by atoms with Gasteiger partial charge in [-0.3, -0.25) is 9.52 Å². The molecule has 1 aliphatic carbocycles. The molecule has 2 aliphatic rings. The summed E-state index contributed by atoms with van der Waals surface area (Å²) in [5.74, 6) is 1.47. The van der Waals surface area contributed by atoms with E-state index in [2.05, 4.69) is 4.72 Å². The number of rotatable bonds is 7. The van der Waals surface area contributed by atoms with E-state index >= 15 is 0 Å². The lowest BCUT2D eigenvalue weighted by Crippen LogP contribution is -2.24. The monoisotopic (exact) mass is 444 g/mol. The van der Waals surface area contributed by atoms with Gasteiger partial charge in [-0.1, -0.05) is 12.1 Å². The number of ether oxygens (including phenoxy) is 2. The molecule has 2 fully saturated rings. The molecule has 0 aromatic heterocycles. The van der Waals surface area contributed by atoms with Crippen LogP contribution >= 0.6 is 0 Å². The lowest BCUT2D eigenvalue weighted by molar-refractivity contribution is -0.117. The number of nitrogens with one attached hydrogen (secondary N) is 1. The number of carbonyl (C=O) groups is 1. The number of carbonyl (C=O) groups excluding carboxylic acids is 1. The van der Waals surface area contributed by atoms with Crippen LogP contribution in [0.25, 0.3) is 0 Å². The predicted molar refractivity (Wildman–Crippen MR) is 120 cm³/mol. The van der Waals surface area contributed by atoms with E-state index < -0.39 is 10.0 Å². The summed E-state index contributed by atoms with van der Waals surface area (Å²) in [4.78, 5) is 14.5. The Balaban J connectivity index is 1.53. The summed E-state index contributed by atoms with van der Waals surface area (Å²) in [6.45, 7) is 0.524. The standard InChI is InChI=1S/C23H28N2O5S/c1-29-21-11-10-16(12-22(21)30-20-8-3-4-9-20)17-13-23(26)25(15-17)19-7-5-6-18(14-19)24-31(2,27)28/h5-7,10-12,14,17,20,24H,3-4,8-9,13,15H2,1-2H3. The molecule has 1 amide bonds. The Kier molecular flexibility index (Phi) is 6.09. The maximum Gasteiger partial charge on any atom is 0.229 e. The molecule has 1 aliphatic heterocycles. The van der Waals surface area contributed by atoms with Gasteiger partial charge in [0.1, 0.15) is 0 Å². The lowest BCUT2D eigenvalue weighted by Gasteiger charge is -2.20. The summed E-state index contributed by atoms with van der Waals surface area (Å²) in [7, 11) is -1.75. The SMILES string of the molecule is COc1ccc(C2CC(=O)N(c3cccc(NS(C)(=O)=O)c3)C2)cc1OC1CCCC1. The van der Waals surface area contributed by atoms with Gasteiger partial charge >= 0.3 is 0 Å². The molecule has 8 heteroatoms. The van der Waals surface area contributed by atoms with Crippen LogP contribution in [0, 0.1) is 0 Å². The number of benzene rings is 2. The zero-order valence-corrected chi connectivity index (χ0v) is 18.7. The van der Waals surface area contributed by atoms with Crippen LogP contribution in [-0.2, 0) is 14.8 Å². The van der Waals surface area contributed by atoms with Gasteiger partial charge in [-0.25, -0.2) is 8.42 Å². The Morgan fingerprint density at radius 3 is 2.55 bits per heavy atom. The fourth-order valence-electron chi connectivity index (χ4n) is 4.36. The van der Waals surface area contributed by atoms with Crippen molar-refractivity contribution < 1.29 is 22.7 Å². The lowest BCUT2D eigenvalue weighted by atomic mass is 9.98. The normalized spacial score (nSPS) is 19.6. The highest BCUT2D eigenvalue weighted by atomic mass is 32.2. The van der Waals surface area contributed by atoms with E-state index in [-0.39, 0.29) is 17.9 Å². The molecule has 2 aromatic carbocycles. The second kappa shape index (κ2) is 8.78. The number of sulfonamides is 1. The summed E-state index contributed by atoms with van der Waals surface area (Å²) in [6.07, 6.45) is 6.20. The number of hydrogen-bond donors (Lipinski definition) is 1. The smallest absolute Gasteiger partial charge is 0.229 e. The zero-order valence-electron chi connectivity index (χ0n) is 17.8. The molecular weight excluding hydrogens is 416 g/mol. The first-order valence-corrected chi connectivity index (χ1v) is 12.4. The van der Waals surface area contributed by atoms with E-state index in [0.717, 1.165) is 30.4 Å². The predicted octanol–water partition coefficient (Wildman–Crippen LogP) is 3.91. The molecule has 0 radical (unpaired) electrons. The quantitative estimate of drug-likeness (QED) is 0.700. The molecule has 1 saturated heterocycles. The second-order valence-electron chi connectivity index (χ2n) is 8.26. The number of amides is 1. The molecular formula is C23H28N2O5S. The Hall–Kier alpha value is -2.74. The maximum absolute atomic E-state index is 12.8. The third kappa shape index (κ3) is 5.12. The van der Waals surface area contributed by atoms with Crippen LogP contribution in [0.2, 0.25) is 0 Å². The van der Waals surface area contributed by atoms with E-state index in [1.807, 2.05) is 24.3 Å². The minimum Gasteiger partial charge on any atom is -0.493 e. The molecule has 166 valence electrons. The Morgan fingerprint density at radius 2 is 1.84 bits per heavy atom. The van der Waals surface area contributed by atoms with Crippen molar-refractivity contribution >= 4 is 27.3 Å². The second-order valence-corrected chi connectivity index (χ2v) is 10.0. The highest BCUT2D eigenvalue weighted by Crippen LogP contribution is 2.38. The molecule has 1 saturated carbocycles. The minimum absolute atomic E-state index is 0.00980. The largest absolute Gasteiger partial charge is 0.493 e. The van der Waals surface area contributed by atoms with Crippen LogP contribution in [0.5, 0.6) is 11.5 Å². The van der Waals surface area contributed by atoms with Crippen molar-refractivity contribution in [3.63, 3.8) is 0 Å². The van der Waals surface area contributed by atoms with Crippen molar-refractivity contribution in [2.45, 2.75) is 44.1 Å². The maximum atomic E-state index is 12.8. The van der Waals surface area contributed by atoms with Gasteiger partial charge in [-0.05, 0) is 61.6 Å². The minimum atomic E-state index is -3.39. The fraction of sp³-hybridized carbons (Fsp3) is 0.435. The Labute approximate surface area is 183 Å². The van der Waals surface area contributed by atoms with Gasteiger partial charge < -0.3 is 14.4 Å². The first-order valence-electron chi connectivity index (χ1n) is 10.6. The van der Waals surface area contributed by atoms with Crippen molar-refractivity contribution in [2.24, 2.45) is 0 Å². The van der Waals surface area contributed by atoms with Crippen molar-refractivity contribution in [3.05, 3.63) is 48.0 Å². The van der Waals surface area contributed by atoms with Gasteiger partial charge in [0.2, 0.25) is 15.9 Å². The van der Waals surface area contributed by atoms with Gasteiger partial charge in [0.15, 0.2) is 11.5 Å².